The van der Waals surface area contributed by atoms with Crippen LogP contribution >= 0.6 is 0 Å². The number of benzene rings is 2. The van der Waals surface area contributed by atoms with Gasteiger partial charge in [0.25, 0.3) is 12.4 Å². The van der Waals surface area contributed by atoms with Gasteiger partial charge in [0.15, 0.2) is 17.2 Å². The van der Waals surface area contributed by atoms with Crippen molar-refractivity contribution in [3.63, 3.8) is 0 Å². The van der Waals surface area contributed by atoms with Crippen LogP contribution in [0.4, 0.5) is 14.6 Å². The highest BCUT2D eigenvalue weighted by molar-refractivity contribution is 6.06. The Bertz CT molecular complexity index is 1850. The highest BCUT2D eigenvalue weighted by Crippen LogP contribution is 2.39. The van der Waals surface area contributed by atoms with Crippen LogP contribution in [0.1, 0.15) is 45.0 Å². The number of carbonyl (C=O) groups is 2. The minimum atomic E-state index is -2.91. The molecule has 0 saturated carbocycles. The summed E-state index contributed by atoms with van der Waals surface area (Å²) in [5.41, 5.74) is 2.72. The number of amides is 1. The van der Waals surface area contributed by atoms with E-state index in [2.05, 4.69) is 21.5 Å². The Kier molecular flexibility index (Phi) is 6.71. The third-order valence-corrected chi connectivity index (χ3v) is 8.62. The molecule has 0 bridgehead atoms. The van der Waals surface area contributed by atoms with E-state index in [4.69, 9.17) is 14.1 Å². The first-order valence-corrected chi connectivity index (χ1v) is 14.4. The molecule has 12 heteroatoms. The second kappa shape index (κ2) is 10.6. The number of hydrogen-bond donors (Lipinski definition) is 0. The number of aldehydes is 1. The van der Waals surface area contributed by atoms with Crippen LogP contribution in [0.25, 0.3) is 33.1 Å². The number of ether oxygens (including phenoxy) is 1. The van der Waals surface area contributed by atoms with Crippen molar-refractivity contribution >= 4 is 51.1 Å². The first kappa shape index (κ1) is 27.2. The first-order valence-electron chi connectivity index (χ1n) is 14.4. The maximum atomic E-state index is 13.9. The molecular formula is C31H30F2N6O4. The number of hydrogen-bond acceptors (Lipinski definition) is 8. The number of rotatable bonds is 6. The Hall–Kier alpha value is -4.61. The van der Waals surface area contributed by atoms with Crippen LogP contribution in [-0.2, 0) is 9.59 Å². The van der Waals surface area contributed by atoms with E-state index in [9.17, 15) is 18.4 Å². The largest absolute Gasteiger partial charge is 0.459 e. The second-order valence-corrected chi connectivity index (χ2v) is 11.4. The minimum Gasteiger partial charge on any atom is -0.459 e. The smallest absolute Gasteiger partial charge is 0.297 e. The summed E-state index contributed by atoms with van der Waals surface area (Å²) in [6, 6.07) is 14.6. The van der Waals surface area contributed by atoms with Gasteiger partial charge in [0.2, 0.25) is 5.91 Å². The van der Waals surface area contributed by atoms with Crippen LogP contribution in [-0.4, -0.2) is 68.4 Å². The van der Waals surface area contributed by atoms with Crippen LogP contribution in [0.3, 0.4) is 0 Å². The lowest BCUT2D eigenvalue weighted by molar-refractivity contribution is -0.131. The number of piperidine rings is 1. The molecule has 0 spiro atoms. The standard InChI is InChI=1S/C31H30F2N6O4/c1-17-14-37(18(2)41)12-11-23(17)39-24-9-5-4-8-22(24)34-31(39)42-20-13-19(16-40)38(15-20)30-27-26(35-29(36-30)28(32)33)21-7-3-6-10-25(21)43-27/h3-10,16-17,19-20,23,28H,11-15H2,1-2H3/t17-,19-,20-,23?/m0/s1. The van der Waals surface area contributed by atoms with Crippen LogP contribution in [0, 0.1) is 5.92 Å². The summed E-state index contributed by atoms with van der Waals surface area (Å²) < 4.78 is 42.6. The molecule has 0 aliphatic carbocycles. The fourth-order valence-corrected chi connectivity index (χ4v) is 6.55. The van der Waals surface area contributed by atoms with Gasteiger partial charge < -0.3 is 23.7 Å². The molecule has 7 rings (SSSR count). The van der Waals surface area contributed by atoms with Gasteiger partial charge in [-0.2, -0.15) is 4.98 Å². The number of carbonyl (C=O) groups excluding carboxylic acids is 2. The maximum absolute atomic E-state index is 13.9. The summed E-state index contributed by atoms with van der Waals surface area (Å²) in [7, 11) is 0. The molecule has 4 atom stereocenters. The maximum Gasteiger partial charge on any atom is 0.297 e. The predicted molar refractivity (Wildman–Crippen MR) is 155 cm³/mol. The summed E-state index contributed by atoms with van der Waals surface area (Å²) in [4.78, 5) is 41.0. The van der Waals surface area contributed by atoms with E-state index in [1.54, 1.807) is 36.1 Å². The van der Waals surface area contributed by atoms with Crippen molar-refractivity contribution in [3.05, 3.63) is 54.4 Å². The fourth-order valence-electron chi connectivity index (χ4n) is 6.55. The Morgan fingerprint density at radius 1 is 1.09 bits per heavy atom. The fraction of sp³-hybridized carbons (Fsp3) is 0.387. The Labute approximate surface area is 245 Å². The van der Waals surface area contributed by atoms with E-state index >= 15 is 0 Å². The van der Waals surface area contributed by atoms with E-state index < -0.39 is 24.4 Å². The summed E-state index contributed by atoms with van der Waals surface area (Å²) >= 11 is 0. The molecule has 2 aromatic carbocycles. The van der Waals surface area contributed by atoms with Gasteiger partial charge >= 0.3 is 0 Å². The molecular weight excluding hydrogens is 558 g/mol. The lowest BCUT2D eigenvalue weighted by atomic mass is 9.93. The molecule has 2 aliphatic heterocycles. The number of furan rings is 1. The molecule has 0 radical (unpaired) electrons. The number of aromatic nitrogens is 4. The molecule has 5 aromatic rings. The van der Waals surface area contributed by atoms with E-state index in [1.165, 1.54) is 0 Å². The molecule has 0 N–H and O–H groups in total. The van der Waals surface area contributed by atoms with Gasteiger partial charge in [0.05, 0.1) is 23.6 Å². The van der Waals surface area contributed by atoms with Gasteiger partial charge in [0.1, 0.15) is 23.5 Å². The lowest BCUT2D eigenvalue weighted by Crippen LogP contribution is -2.42. The number of likely N-dealkylation sites (tertiary alicyclic amines) is 1. The lowest BCUT2D eigenvalue weighted by Gasteiger charge is -2.37. The van der Waals surface area contributed by atoms with Crippen molar-refractivity contribution in [1.82, 2.24) is 24.4 Å². The average Bonchev–Trinajstić information content (AvgIpc) is 3.69. The first-order chi connectivity index (χ1) is 20.8. The van der Waals surface area contributed by atoms with E-state index in [1.807, 2.05) is 29.2 Å². The van der Waals surface area contributed by atoms with Crippen LogP contribution in [0.15, 0.2) is 52.9 Å². The Balaban J connectivity index is 1.24. The van der Waals surface area contributed by atoms with Gasteiger partial charge in [-0.1, -0.05) is 31.2 Å². The zero-order valence-electron chi connectivity index (χ0n) is 23.7. The molecule has 222 valence electrons. The van der Waals surface area contributed by atoms with Gasteiger partial charge in [0, 0.05) is 37.9 Å². The monoisotopic (exact) mass is 588 g/mol. The number of fused-ring (bicyclic) bond motifs is 4. The Morgan fingerprint density at radius 2 is 1.88 bits per heavy atom. The van der Waals surface area contributed by atoms with Crippen molar-refractivity contribution in [1.29, 1.82) is 0 Å². The number of nitrogens with zero attached hydrogens (tertiary/aromatic N) is 6. The number of para-hydroxylation sites is 3. The summed E-state index contributed by atoms with van der Waals surface area (Å²) in [6.45, 7) is 5.17. The zero-order valence-corrected chi connectivity index (χ0v) is 23.7. The van der Waals surface area contributed by atoms with E-state index in [0.29, 0.717) is 36.5 Å². The highest BCUT2D eigenvalue weighted by atomic mass is 19.3. The highest BCUT2D eigenvalue weighted by Gasteiger charge is 2.39. The van der Waals surface area contributed by atoms with Crippen LogP contribution in [0.2, 0.25) is 0 Å². The van der Waals surface area contributed by atoms with Crippen molar-refractivity contribution in [2.75, 3.05) is 24.5 Å². The normalized spacial score (nSPS) is 22.7. The third kappa shape index (κ3) is 4.65. The molecule has 2 saturated heterocycles. The zero-order chi connectivity index (χ0) is 29.8. The van der Waals surface area contributed by atoms with Crippen molar-refractivity contribution < 1.29 is 27.5 Å². The number of anilines is 1. The molecule has 1 amide bonds. The quantitative estimate of drug-likeness (QED) is 0.246. The number of halogens is 2. The average molecular weight is 589 g/mol. The second-order valence-electron chi connectivity index (χ2n) is 11.4. The van der Waals surface area contributed by atoms with E-state index in [0.717, 1.165) is 23.7 Å². The molecule has 10 nitrogen and oxygen atoms in total. The van der Waals surface area contributed by atoms with Crippen molar-refractivity contribution in [2.45, 2.75) is 51.3 Å². The van der Waals surface area contributed by atoms with Gasteiger partial charge in [-0.25, -0.2) is 18.7 Å². The minimum absolute atomic E-state index is 0.0445. The van der Waals surface area contributed by atoms with Gasteiger partial charge in [-0.3, -0.25) is 9.36 Å². The number of alkyl halides is 2. The topological polar surface area (TPSA) is 107 Å². The van der Waals surface area contributed by atoms with Crippen molar-refractivity contribution in [2.24, 2.45) is 5.92 Å². The summed E-state index contributed by atoms with van der Waals surface area (Å²) in [5.74, 6) is -0.286. The van der Waals surface area contributed by atoms with Crippen molar-refractivity contribution in [3.8, 4) is 6.01 Å². The van der Waals surface area contributed by atoms with Crippen LogP contribution < -0.4 is 9.64 Å². The SMILES string of the molecule is CC(=O)N1CCC(n2c(O[C@H]3C[C@@H](C=O)N(c4nc(C(F)F)nc5c4oc4ccccc45)C3)nc3ccccc32)[C@@H](C)C1. The predicted octanol–water partition coefficient (Wildman–Crippen LogP) is 5.32. The van der Waals surface area contributed by atoms with Crippen LogP contribution in [0.5, 0.6) is 6.01 Å². The molecule has 1 unspecified atom stereocenters. The molecule has 2 fully saturated rings. The van der Waals surface area contributed by atoms with Gasteiger partial charge in [-0.05, 0) is 36.6 Å². The Morgan fingerprint density at radius 3 is 2.65 bits per heavy atom. The molecule has 2 aliphatic rings. The summed E-state index contributed by atoms with van der Waals surface area (Å²) in [6.07, 6.45) is -1.56. The molecule has 3 aromatic heterocycles. The third-order valence-electron chi connectivity index (χ3n) is 8.62. The number of imidazole rings is 1. The van der Waals surface area contributed by atoms with E-state index in [-0.39, 0.29) is 41.3 Å². The van der Waals surface area contributed by atoms with Gasteiger partial charge in [-0.15, -0.1) is 0 Å². The molecule has 43 heavy (non-hydrogen) atoms. The molecule has 5 heterocycles. The summed E-state index contributed by atoms with van der Waals surface area (Å²) in [5, 5.41) is 0.594.